The summed E-state index contributed by atoms with van der Waals surface area (Å²) in [5.74, 6) is 0. The summed E-state index contributed by atoms with van der Waals surface area (Å²) in [6.45, 7) is 4.04. The van der Waals surface area contributed by atoms with Crippen molar-refractivity contribution in [3.63, 3.8) is 0 Å². The third kappa shape index (κ3) is 3.04. The molecule has 1 unspecified atom stereocenters. The van der Waals surface area contributed by atoms with Crippen LogP contribution in [0.25, 0.3) is 0 Å². The van der Waals surface area contributed by atoms with E-state index >= 15 is 0 Å². The van der Waals surface area contributed by atoms with Crippen molar-refractivity contribution >= 4 is 23.2 Å². The number of benzene rings is 1. The third-order valence-electron chi connectivity index (χ3n) is 3.03. The minimum atomic E-state index is -0.0745. The van der Waals surface area contributed by atoms with Gasteiger partial charge in [0.25, 0.3) is 0 Å². The van der Waals surface area contributed by atoms with Gasteiger partial charge in [-0.1, -0.05) is 29.8 Å². The Kier molecular flexibility index (Phi) is 4.26. The van der Waals surface area contributed by atoms with Crippen LogP contribution in [0.5, 0.6) is 0 Å². The average Bonchev–Trinajstić information content (AvgIpc) is 2.35. The van der Waals surface area contributed by atoms with Crippen LogP contribution in [-0.4, -0.2) is 4.98 Å². The second-order valence-corrected chi connectivity index (χ2v) is 5.38. The van der Waals surface area contributed by atoms with Crippen molar-refractivity contribution in [3.05, 3.63) is 63.9 Å². The fourth-order valence-corrected chi connectivity index (χ4v) is 2.28. The molecule has 1 aromatic carbocycles. The fourth-order valence-electron chi connectivity index (χ4n) is 1.88. The molecule has 0 radical (unpaired) electrons. The molecule has 2 rings (SSSR count). The van der Waals surface area contributed by atoms with Crippen molar-refractivity contribution in [2.75, 3.05) is 0 Å². The maximum atomic E-state index is 6.45. The molecule has 2 aromatic rings. The Hall–Kier alpha value is -1.05. The van der Waals surface area contributed by atoms with E-state index in [0.29, 0.717) is 0 Å². The van der Waals surface area contributed by atoms with Gasteiger partial charge in [0, 0.05) is 23.3 Å². The summed E-state index contributed by atoms with van der Waals surface area (Å²) in [6.07, 6.45) is 2.54. The highest BCUT2D eigenvalue weighted by Gasteiger charge is 2.12. The summed E-state index contributed by atoms with van der Waals surface area (Å²) in [4.78, 5) is 4.37. The van der Waals surface area contributed by atoms with Gasteiger partial charge >= 0.3 is 0 Å². The lowest BCUT2D eigenvalue weighted by atomic mass is 10.0. The summed E-state index contributed by atoms with van der Waals surface area (Å²) in [5.41, 5.74) is 4.36. The second kappa shape index (κ2) is 5.73. The van der Waals surface area contributed by atoms with Crippen LogP contribution in [-0.2, 0) is 6.42 Å². The maximum absolute atomic E-state index is 6.45. The first-order chi connectivity index (χ1) is 8.58. The van der Waals surface area contributed by atoms with Crippen LogP contribution in [0.3, 0.4) is 0 Å². The largest absolute Gasteiger partial charge is 0.261 e. The molecule has 0 spiro atoms. The molecule has 1 nitrogen and oxygen atoms in total. The molecule has 0 aliphatic heterocycles. The van der Waals surface area contributed by atoms with Gasteiger partial charge in [0.15, 0.2) is 0 Å². The SMILES string of the molecule is Cc1cc(C(Cl)Cc2ncccc2C)ccc1Cl. The molecule has 0 bridgehead atoms. The van der Waals surface area contributed by atoms with Gasteiger partial charge in [-0.2, -0.15) is 0 Å². The fraction of sp³-hybridized carbons (Fsp3) is 0.267. The van der Waals surface area contributed by atoms with Crippen LogP contribution < -0.4 is 0 Å². The van der Waals surface area contributed by atoms with Gasteiger partial charge in [0.05, 0.1) is 5.38 Å². The van der Waals surface area contributed by atoms with Gasteiger partial charge in [-0.3, -0.25) is 4.98 Å². The molecule has 0 N–H and O–H groups in total. The summed E-state index contributed by atoms with van der Waals surface area (Å²) >= 11 is 12.5. The quantitative estimate of drug-likeness (QED) is 0.730. The van der Waals surface area contributed by atoms with E-state index in [1.165, 1.54) is 5.56 Å². The number of nitrogens with zero attached hydrogens (tertiary/aromatic N) is 1. The first kappa shape index (κ1) is 13.4. The lowest BCUT2D eigenvalue weighted by molar-refractivity contribution is 0.869. The molecular weight excluding hydrogens is 265 g/mol. The van der Waals surface area contributed by atoms with Crippen LogP contribution >= 0.6 is 23.2 Å². The van der Waals surface area contributed by atoms with Crippen LogP contribution in [0.2, 0.25) is 5.02 Å². The van der Waals surface area contributed by atoms with Crippen LogP contribution in [0.15, 0.2) is 36.5 Å². The summed E-state index contributed by atoms with van der Waals surface area (Å²) in [5, 5.41) is 0.700. The van der Waals surface area contributed by atoms with Gasteiger partial charge < -0.3 is 0 Å². The van der Waals surface area contributed by atoms with E-state index in [1.54, 1.807) is 6.20 Å². The molecule has 0 aliphatic rings. The standard InChI is InChI=1S/C15H15Cl2N/c1-10-4-3-7-18-15(10)9-14(17)12-5-6-13(16)11(2)8-12/h3-8,14H,9H2,1-2H3. The second-order valence-electron chi connectivity index (χ2n) is 4.45. The molecule has 0 fully saturated rings. The Labute approximate surface area is 118 Å². The molecule has 0 saturated carbocycles. The Bertz CT molecular complexity index is 552. The summed E-state index contributed by atoms with van der Waals surface area (Å²) < 4.78 is 0. The summed E-state index contributed by atoms with van der Waals surface area (Å²) in [6, 6.07) is 9.91. The monoisotopic (exact) mass is 279 g/mol. The predicted molar refractivity (Wildman–Crippen MR) is 77.5 cm³/mol. The lowest BCUT2D eigenvalue weighted by Crippen LogP contribution is -2.00. The van der Waals surface area contributed by atoms with Crippen molar-refractivity contribution < 1.29 is 0 Å². The number of aromatic nitrogens is 1. The molecule has 1 aromatic heterocycles. The molecule has 0 amide bonds. The number of halogens is 2. The first-order valence-electron chi connectivity index (χ1n) is 5.88. The van der Waals surface area contributed by atoms with E-state index < -0.39 is 0 Å². The van der Waals surface area contributed by atoms with Gasteiger partial charge in [0.1, 0.15) is 0 Å². The van der Waals surface area contributed by atoms with E-state index in [2.05, 4.69) is 18.0 Å². The Morgan fingerprint density at radius 2 is 1.94 bits per heavy atom. The Balaban J connectivity index is 2.19. The molecule has 3 heteroatoms. The molecule has 18 heavy (non-hydrogen) atoms. The average molecular weight is 280 g/mol. The normalized spacial score (nSPS) is 12.4. The molecule has 1 atom stereocenters. The number of hydrogen-bond acceptors (Lipinski definition) is 1. The smallest absolute Gasteiger partial charge is 0.0640 e. The number of aryl methyl sites for hydroxylation is 2. The number of alkyl halides is 1. The number of rotatable bonds is 3. The van der Waals surface area contributed by atoms with E-state index in [4.69, 9.17) is 23.2 Å². The van der Waals surface area contributed by atoms with Crippen molar-refractivity contribution in [1.29, 1.82) is 0 Å². The number of hydrogen-bond donors (Lipinski definition) is 0. The molecule has 94 valence electrons. The van der Waals surface area contributed by atoms with Gasteiger partial charge in [-0.05, 0) is 42.7 Å². The minimum absolute atomic E-state index is 0.0745. The molecule has 1 heterocycles. The topological polar surface area (TPSA) is 12.9 Å². The van der Waals surface area contributed by atoms with Crippen LogP contribution in [0.1, 0.15) is 27.8 Å². The van der Waals surface area contributed by atoms with E-state index in [-0.39, 0.29) is 5.38 Å². The lowest BCUT2D eigenvalue weighted by Gasteiger charge is -2.12. The van der Waals surface area contributed by atoms with E-state index in [0.717, 1.165) is 28.3 Å². The van der Waals surface area contributed by atoms with E-state index in [9.17, 15) is 0 Å². The summed E-state index contributed by atoms with van der Waals surface area (Å²) in [7, 11) is 0. The van der Waals surface area contributed by atoms with Crippen LogP contribution in [0.4, 0.5) is 0 Å². The van der Waals surface area contributed by atoms with Crippen molar-refractivity contribution in [2.24, 2.45) is 0 Å². The first-order valence-corrected chi connectivity index (χ1v) is 6.70. The zero-order valence-corrected chi connectivity index (χ0v) is 12.0. The zero-order chi connectivity index (χ0) is 13.1. The molecular formula is C15H15Cl2N. The highest BCUT2D eigenvalue weighted by atomic mass is 35.5. The molecule has 0 saturated heterocycles. The van der Waals surface area contributed by atoms with Crippen molar-refractivity contribution in [2.45, 2.75) is 25.6 Å². The highest BCUT2D eigenvalue weighted by Crippen LogP contribution is 2.28. The van der Waals surface area contributed by atoms with Crippen molar-refractivity contribution in [1.82, 2.24) is 4.98 Å². The van der Waals surface area contributed by atoms with E-state index in [1.807, 2.05) is 31.2 Å². The van der Waals surface area contributed by atoms with Gasteiger partial charge in [0.2, 0.25) is 0 Å². The Morgan fingerprint density at radius 3 is 2.61 bits per heavy atom. The maximum Gasteiger partial charge on any atom is 0.0640 e. The van der Waals surface area contributed by atoms with Crippen molar-refractivity contribution in [3.8, 4) is 0 Å². The Morgan fingerprint density at radius 1 is 1.17 bits per heavy atom. The predicted octanol–water partition coefficient (Wildman–Crippen LogP) is 4.87. The van der Waals surface area contributed by atoms with Crippen LogP contribution in [0, 0.1) is 13.8 Å². The zero-order valence-electron chi connectivity index (χ0n) is 10.5. The highest BCUT2D eigenvalue weighted by molar-refractivity contribution is 6.31. The third-order valence-corrected chi connectivity index (χ3v) is 3.86. The number of pyridine rings is 1. The molecule has 0 aliphatic carbocycles. The minimum Gasteiger partial charge on any atom is -0.261 e. The van der Waals surface area contributed by atoms with Gasteiger partial charge in [-0.15, -0.1) is 11.6 Å². The van der Waals surface area contributed by atoms with Gasteiger partial charge in [-0.25, -0.2) is 0 Å².